The van der Waals surface area contributed by atoms with Crippen LogP contribution in [0.1, 0.15) is 19.8 Å². The number of hydrogen-bond acceptors (Lipinski definition) is 4. The smallest absolute Gasteiger partial charge is 0.404 e. The van der Waals surface area contributed by atoms with Crippen molar-refractivity contribution in [3.8, 4) is 5.75 Å². The molecule has 1 aliphatic heterocycles. The summed E-state index contributed by atoms with van der Waals surface area (Å²) in [4.78, 5) is -0.460. The molecule has 0 aromatic heterocycles. The molecular formula is C14H19F3N2O3S. The van der Waals surface area contributed by atoms with Gasteiger partial charge < -0.3 is 10.1 Å². The zero-order valence-corrected chi connectivity index (χ0v) is 13.5. The van der Waals surface area contributed by atoms with E-state index in [0.29, 0.717) is 25.9 Å². The maximum absolute atomic E-state index is 12.9. The van der Waals surface area contributed by atoms with Crippen LogP contribution in [0.5, 0.6) is 5.75 Å². The molecule has 2 rings (SSSR count). The topological polar surface area (TPSA) is 58.6 Å². The van der Waals surface area contributed by atoms with Gasteiger partial charge in [-0.3, -0.25) is 0 Å². The zero-order valence-electron chi connectivity index (χ0n) is 12.6. The quantitative estimate of drug-likeness (QED) is 0.854. The van der Waals surface area contributed by atoms with Gasteiger partial charge in [0.15, 0.2) is 0 Å². The van der Waals surface area contributed by atoms with Gasteiger partial charge in [-0.1, -0.05) is 19.1 Å². The van der Waals surface area contributed by atoms with Crippen molar-refractivity contribution in [1.29, 1.82) is 0 Å². The molecule has 1 heterocycles. The summed E-state index contributed by atoms with van der Waals surface area (Å²) in [5.41, 5.74) is 0. The minimum absolute atomic E-state index is 0.245. The van der Waals surface area contributed by atoms with E-state index in [4.69, 9.17) is 0 Å². The van der Waals surface area contributed by atoms with Crippen LogP contribution < -0.4 is 10.1 Å². The minimum Gasteiger partial charge on any atom is -0.404 e. The van der Waals surface area contributed by atoms with Crippen LogP contribution in [0, 0.1) is 0 Å². The maximum atomic E-state index is 12.9. The number of halogens is 3. The Morgan fingerprint density at radius 3 is 2.61 bits per heavy atom. The Bertz CT molecular complexity index is 628. The van der Waals surface area contributed by atoms with Crippen molar-refractivity contribution in [1.82, 2.24) is 9.62 Å². The zero-order chi connectivity index (χ0) is 17.1. The van der Waals surface area contributed by atoms with Crippen LogP contribution in [0.4, 0.5) is 13.2 Å². The fourth-order valence-electron chi connectivity index (χ4n) is 2.60. The van der Waals surface area contributed by atoms with Crippen molar-refractivity contribution in [2.75, 3.05) is 19.6 Å². The Balaban J connectivity index is 2.41. The molecule has 1 unspecified atom stereocenters. The summed E-state index contributed by atoms with van der Waals surface area (Å²) in [6.07, 6.45) is -3.75. The van der Waals surface area contributed by atoms with Gasteiger partial charge in [-0.15, -0.1) is 13.2 Å². The van der Waals surface area contributed by atoms with Gasteiger partial charge in [-0.25, -0.2) is 8.42 Å². The summed E-state index contributed by atoms with van der Waals surface area (Å²) >= 11 is 0. The number of benzene rings is 1. The molecule has 1 aliphatic rings. The summed E-state index contributed by atoms with van der Waals surface area (Å²) in [6.45, 7) is 3.24. The number of rotatable bonds is 6. The molecule has 1 atom stereocenters. The molecule has 0 amide bonds. The van der Waals surface area contributed by atoms with E-state index in [2.05, 4.69) is 10.1 Å². The van der Waals surface area contributed by atoms with Gasteiger partial charge in [-0.2, -0.15) is 4.31 Å². The molecule has 0 saturated carbocycles. The van der Waals surface area contributed by atoms with Crippen molar-refractivity contribution in [3.05, 3.63) is 24.3 Å². The van der Waals surface area contributed by atoms with Crippen LogP contribution >= 0.6 is 0 Å². The van der Waals surface area contributed by atoms with Crippen LogP contribution in [0.15, 0.2) is 29.2 Å². The lowest BCUT2D eigenvalue weighted by Gasteiger charge is -2.28. The molecule has 0 aliphatic carbocycles. The lowest BCUT2D eigenvalue weighted by atomic mass is 10.2. The molecule has 0 radical (unpaired) electrons. The second-order valence-electron chi connectivity index (χ2n) is 5.26. The van der Waals surface area contributed by atoms with Crippen molar-refractivity contribution >= 4 is 10.0 Å². The summed E-state index contributed by atoms with van der Waals surface area (Å²) in [7, 11) is -4.08. The molecule has 1 fully saturated rings. The maximum Gasteiger partial charge on any atom is 0.573 e. The first-order valence-electron chi connectivity index (χ1n) is 7.33. The second-order valence-corrected chi connectivity index (χ2v) is 7.12. The Morgan fingerprint density at radius 1 is 1.35 bits per heavy atom. The van der Waals surface area contributed by atoms with Gasteiger partial charge in [-0.05, 0) is 31.5 Å². The van der Waals surface area contributed by atoms with Crippen molar-refractivity contribution in [2.45, 2.75) is 37.1 Å². The van der Waals surface area contributed by atoms with Gasteiger partial charge >= 0.3 is 6.36 Å². The molecule has 23 heavy (non-hydrogen) atoms. The normalized spacial score (nSPS) is 19.3. The van der Waals surface area contributed by atoms with Crippen molar-refractivity contribution in [2.24, 2.45) is 0 Å². The van der Waals surface area contributed by atoms with E-state index in [1.807, 2.05) is 6.92 Å². The van der Waals surface area contributed by atoms with Crippen LogP contribution in [0.2, 0.25) is 0 Å². The largest absolute Gasteiger partial charge is 0.573 e. The summed E-state index contributed by atoms with van der Waals surface area (Å²) in [6, 6.07) is 4.58. The monoisotopic (exact) mass is 352 g/mol. The molecule has 130 valence electrons. The lowest BCUT2D eigenvalue weighted by molar-refractivity contribution is -0.275. The van der Waals surface area contributed by atoms with E-state index in [1.165, 1.54) is 16.4 Å². The molecule has 0 bridgehead atoms. The van der Waals surface area contributed by atoms with E-state index in [1.54, 1.807) is 0 Å². The predicted octanol–water partition coefficient (Wildman–Crippen LogP) is 2.35. The highest BCUT2D eigenvalue weighted by molar-refractivity contribution is 7.89. The second kappa shape index (κ2) is 7.06. The molecule has 5 nitrogen and oxygen atoms in total. The average Bonchev–Trinajstić information content (AvgIpc) is 2.97. The highest BCUT2D eigenvalue weighted by Gasteiger charge is 2.37. The van der Waals surface area contributed by atoms with Gasteiger partial charge in [0, 0.05) is 19.1 Å². The van der Waals surface area contributed by atoms with Gasteiger partial charge in [0.1, 0.15) is 10.6 Å². The van der Waals surface area contributed by atoms with Gasteiger partial charge in [0.25, 0.3) is 0 Å². The Kier molecular flexibility index (Phi) is 5.53. The van der Waals surface area contributed by atoms with Crippen molar-refractivity contribution < 1.29 is 26.3 Å². The van der Waals surface area contributed by atoms with Crippen molar-refractivity contribution in [3.63, 3.8) is 0 Å². The number of nitrogens with one attached hydrogen (secondary N) is 1. The molecule has 1 saturated heterocycles. The summed E-state index contributed by atoms with van der Waals surface area (Å²) in [5.74, 6) is -0.702. The SMILES string of the molecule is CCCN(C1CCNC1)S(=O)(=O)c1ccccc1OC(F)(F)F. The van der Waals surface area contributed by atoms with Gasteiger partial charge in [0.2, 0.25) is 10.0 Å². The predicted molar refractivity (Wildman–Crippen MR) is 78.6 cm³/mol. The number of para-hydroxylation sites is 1. The van der Waals surface area contributed by atoms with Crippen LogP contribution in [0.25, 0.3) is 0 Å². The molecule has 1 aromatic rings. The van der Waals surface area contributed by atoms with Gasteiger partial charge in [0.05, 0.1) is 0 Å². The standard InChI is InChI=1S/C14H19F3N2O3S/c1-2-9-19(11-7-8-18-10-11)23(20,21)13-6-4-3-5-12(13)22-14(15,16)17/h3-6,11,18H,2,7-10H2,1H3. The highest BCUT2D eigenvalue weighted by atomic mass is 32.2. The first-order chi connectivity index (χ1) is 10.8. The molecule has 0 spiro atoms. The van der Waals surface area contributed by atoms with E-state index in [-0.39, 0.29) is 12.6 Å². The fourth-order valence-corrected chi connectivity index (χ4v) is 4.47. The number of sulfonamides is 1. The number of alkyl halides is 3. The molecule has 1 N–H and O–H groups in total. The lowest BCUT2D eigenvalue weighted by Crippen LogP contribution is -2.42. The highest BCUT2D eigenvalue weighted by Crippen LogP contribution is 2.32. The minimum atomic E-state index is -4.95. The van der Waals surface area contributed by atoms with E-state index >= 15 is 0 Å². The van der Waals surface area contributed by atoms with E-state index in [0.717, 1.165) is 12.1 Å². The Morgan fingerprint density at radius 2 is 2.04 bits per heavy atom. The third-order valence-corrected chi connectivity index (χ3v) is 5.54. The number of hydrogen-bond donors (Lipinski definition) is 1. The number of nitrogens with zero attached hydrogens (tertiary/aromatic N) is 1. The molecule has 9 heteroatoms. The summed E-state index contributed by atoms with van der Waals surface area (Å²) in [5, 5.41) is 3.07. The Hall–Kier alpha value is -1.32. The summed E-state index contributed by atoms with van der Waals surface area (Å²) < 4.78 is 68.4. The van der Waals surface area contributed by atoms with E-state index in [9.17, 15) is 21.6 Å². The fraction of sp³-hybridized carbons (Fsp3) is 0.571. The molecule has 1 aromatic carbocycles. The average molecular weight is 352 g/mol. The van der Waals surface area contributed by atoms with Crippen LogP contribution in [0.3, 0.4) is 0 Å². The van der Waals surface area contributed by atoms with E-state index < -0.39 is 27.0 Å². The first-order valence-corrected chi connectivity index (χ1v) is 8.77. The Labute approximate surface area is 133 Å². The first kappa shape index (κ1) is 18.0. The van der Waals surface area contributed by atoms with Crippen LogP contribution in [-0.4, -0.2) is 44.8 Å². The number of ether oxygens (including phenoxy) is 1. The third-order valence-electron chi connectivity index (χ3n) is 3.55. The third kappa shape index (κ3) is 4.36. The van der Waals surface area contributed by atoms with Crippen LogP contribution in [-0.2, 0) is 10.0 Å². The molecular weight excluding hydrogens is 333 g/mol.